The van der Waals surface area contributed by atoms with Crippen LogP contribution in [-0.2, 0) is 17.9 Å². The Morgan fingerprint density at radius 3 is 2.65 bits per heavy atom. The molecule has 1 heterocycles. The maximum absolute atomic E-state index is 13.1. The zero-order valence-corrected chi connectivity index (χ0v) is 18.6. The Bertz CT molecular complexity index is 921. The van der Waals surface area contributed by atoms with E-state index in [0.29, 0.717) is 12.6 Å². The molecular formula is C24H29ClFN3O2. The van der Waals surface area contributed by atoms with Crippen molar-refractivity contribution in [3.05, 3.63) is 70.0 Å². The van der Waals surface area contributed by atoms with E-state index in [1.807, 2.05) is 18.2 Å². The summed E-state index contributed by atoms with van der Waals surface area (Å²) in [6, 6.07) is 12.4. The van der Waals surface area contributed by atoms with Gasteiger partial charge in [-0.3, -0.25) is 14.5 Å². The van der Waals surface area contributed by atoms with Crippen LogP contribution in [0.25, 0.3) is 0 Å². The summed E-state index contributed by atoms with van der Waals surface area (Å²) in [5, 5.41) is 5.62. The molecule has 1 atom stereocenters. The van der Waals surface area contributed by atoms with Gasteiger partial charge in [-0.1, -0.05) is 42.3 Å². The molecule has 31 heavy (non-hydrogen) atoms. The van der Waals surface area contributed by atoms with Crippen molar-refractivity contribution < 1.29 is 14.0 Å². The second-order valence-corrected chi connectivity index (χ2v) is 8.40. The third kappa shape index (κ3) is 6.77. The number of piperidine rings is 1. The second kappa shape index (κ2) is 11.3. The monoisotopic (exact) mass is 445 g/mol. The van der Waals surface area contributed by atoms with Crippen LogP contribution < -0.4 is 10.6 Å². The minimum atomic E-state index is -0.504. The average molecular weight is 446 g/mol. The predicted octanol–water partition coefficient (Wildman–Crippen LogP) is 4.29. The molecule has 7 heteroatoms. The molecule has 0 aromatic heterocycles. The van der Waals surface area contributed by atoms with Gasteiger partial charge in [-0.25, -0.2) is 4.39 Å². The Morgan fingerprint density at radius 2 is 1.90 bits per heavy atom. The molecule has 1 aliphatic heterocycles. The zero-order valence-electron chi connectivity index (χ0n) is 17.8. The van der Waals surface area contributed by atoms with E-state index in [1.54, 1.807) is 0 Å². The molecule has 2 aromatic carbocycles. The molecule has 1 unspecified atom stereocenters. The molecule has 2 aromatic rings. The van der Waals surface area contributed by atoms with Gasteiger partial charge in [0.1, 0.15) is 5.82 Å². The average Bonchev–Trinajstić information content (AvgIpc) is 2.74. The Morgan fingerprint density at radius 1 is 1.13 bits per heavy atom. The van der Waals surface area contributed by atoms with Gasteiger partial charge in [0.25, 0.3) is 5.91 Å². The highest BCUT2D eigenvalue weighted by atomic mass is 35.5. The summed E-state index contributed by atoms with van der Waals surface area (Å²) in [6.07, 6.45) is 3.90. The molecule has 1 fully saturated rings. The van der Waals surface area contributed by atoms with Gasteiger partial charge in [0.05, 0.1) is 10.6 Å². The van der Waals surface area contributed by atoms with Crippen LogP contribution in [0.1, 0.15) is 54.1 Å². The van der Waals surface area contributed by atoms with E-state index in [2.05, 4.69) is 28.5 Å². The van der Waals surface area contributed by atoms with Crippen LogP contribution in [0, 0.1) is 5.82 Å². The number of hydrogen-bond donors (Lipinski definition) is 2. The standard InChI is InChI=1S/C24H29ClFN3O2/c1-17-6-4-5-13-29(17)16-19-8-3-2-7-18(19)15-28-23(30)11-12-27-24(31)21-10-9-20(26)14-22(21)25/h2-3,7-10,14,17H,4-6,11-13,15-16H2,1H3,(H,27,31)(H,28,30). The number of benzene rings is 2. The number of hydrogen-bond acceptors (Lipinski definition) is 3. The van der Waals surface area contributed by atoms with Crippen molar-refractivity contribution in [1.29, 1.82) is 0 Å². The van der Waals surface area contributed by atoms with Crippen LogP contribution in [-0.4, -0.2) is 35.8 Å². The largest absolute Gasteiger partial charge is 0.352 e. The number of carbonyl (C=O) groups excluding carboxylic acids is 2. The van der Waals surface area contributed by atoms with Gasteiger partial charge >= 0.3 is 0 Å². The number of likely N-dealkylation sites (tertiary alicyclic amines) is 1. The van der Waals surface area contributed by atoms with Gasteiger partial charge in [0, 0.05) is 32.1 Å². The molecule has 3 rings (SSSR count). The minimum Gasteiger partial charge on any atom is -0.352 e. The topological polar surface area (TPSA) is 61.4 Å². The summed E-state index contributed by atoms with van der Waals surface area (Å²) >= 11 is 5.89. The normalized spacial score (nSPS) is 16.7. The highest BCUT2D eigenvalue weighted by Crippen LogP contribution is 2.21. The van der Waals surface area contributed by atoms with Crippen molar-refractivity contribution in [2.45, 2.75) is 51.7 Å². The molecule has 5 nitrogen and oxygen atoms in total. The third-order valence-corrected chi connectivity index (χ3v) is 6.03. The van der Waals surface area contributed by atoms with E-state index >= 15 is 0 Å². The lowest BCUT2D eigenvalue weighted by atomic mass is 10.0. The Balaban J connectivity index is 1.46. The summed E-state index contributed by atoms with van der Waals surface area (Å²) in [7, 11) is 0. The highest BCUT2D eigenvalue weighted by Gasteiger charge is 2.19. The quantitative estimate of drug-likeness (QED) is 0.637. The van der Waals surface area contributed by atoms with Crippen LogP contribution >= 0.6 is 11.6 Å². The molecule has 0 bridgehead atoms. The van der Waals surface area contributed by atoms with Gasteiger partial charge in [0.15, 0.2) is 0 Å². The lowest BCUT2D eigenvalue weighted by molar-refractivity contribution is -0.121. The Kier molecular flexibility index (Phi) is 8.43. The number of amides is 2. The fourth-order valence-corrected chi connectivity index (χ4v) is 4.09. The maximum Gasteiger partial charge on any atom is 0.252 e. The molecule has 1 aliphatic rings. The van der Waals surface area contributed by atoms with E-state index in [4.69, 9.17) is 11.6 Å². The SMILES string of the molecule is CC1CCCCN1Cc1ccccc1CNC(=O)CCNC(=O)c1ccc(F)cc1Cl. The van der Waals surface area contributed by atoms with Gasteiger partial charge in [0.2, 0.25) is 5.91 Å². The van der Waals surface area contributed by atoms with Gasteiger partial charge in [-0.05, 0) is 55.6 Å². The Labute approximate surface area is 188 Å². The zero-order chi connectivity index (χ0) is 22.2. The fourth-order valence-electron chi connectivity index (χ4n) is 3.84. The van der Waals surface area contributed by atoms with Crippen LogP contribution in [0.3, 0.4) is 0 Å². The summed E-state index contributed by atoms with van der Waals surface area (Å²) in [4.78, 5) is 26.9. The summed E-state index contributed by atoms with van der Waals surface area (Å²) in [5.41, 5.74) is 2.52. The van der Waals surface area contributed by atoms with E-state index in [9.17, 15) is 14.0 Å². The van der Waals surface area contributed by atoms with E-state index in [-0.39, 0.29) is 29.5 Å². The second-order valence-electron chi connectivity index (χ2n) is 7.99. The van der Waals surface area contributed by atoms with Crippen molar-refractivity contribution >= 4 is 23.4 Å². The highest BCUT2D eigenvalue weighted by molar-refractivity contribution is 6.33. The molecule has 0 spiro atoms. The maximum atomic E-state index is 13.1. The number of rotatable bonds is 8. The molecular weight excluding hydrogens is 417 g/mol. The number of nitrogens with one attached hydrogen (secondary N) is 2. The minimum absolute atomic E-state index is 0.0431. The first-order chi connectivity index (χ1) is 14.9. The molecule has 166 valence electrons. The number of carbonyl (C=O) groups is 2. The van der Waals surface area contributed by atoms with Crippen LogP contribution in [0.2, 0.25) is 5.02 Å². The fraction of sp³-hybridized carbons (Fsp3) is 0.417. The van der Waals surface area contributed by atoms with E-state index in [0.717, 1.165) is 24.7 Å². The summed E-state index contributed by atoms with van der Waals surface area (Å²) in [5.74, 6) is -1.08. The molecule has 2 amide bonds. The van der Waals surface area contributed by atoms with E-state index in [1.165, 1.54) is 37.0 Å². The lowest BCUT2D eigenvalue weighted by Crippen LogP contribution is -2.37. The third-order valence-electron chi connectivity index (χ3n) is 5.72. The lowest BCUT2D eigenvalue weighted by Gasteiger charge is -2.33. The van der Waals surface area contributed by atoms with Crippen molar-refractivity contribution in [1.82, 2.24) is 15.5 Å². The predicted molar refractivity (Wildman–Crippen MR) is 120 cm³/mol. The summed E-state index contributed by atoms with van der Waals surface area (Å²) < 4.78 is 13.1. The van der Waals surface area contributed by atoms with Crippen molar-refractivity contribution in [3.63, 3.8) is 0 Å². The van der Waals surface area contributed by atoms with Gasteiger partial charge < -0.3 is 10.6 Å². The molecule has 0 aliphatic carbocycles. The smallest absolute Gasteiger partial charge is 0.252 e. The van der Waals surface area contributed by atoms with Crippen molar-refractivity contribution in [2.24, 2.45) is 0 Å². The molecule has 2 N–H and O–H groups in total. The molecule has 1 saturated heterocycles. The van der Waals surface area contributed by atoms with Gasteiger partial charge in [-0.15, -0.1) is 0 Å². The molecule has 0 saturated carbocycles. The number of nitrogens with zero attached hydrogens (tertiary/aromatic N) is 1. The van der Waals surface area contributed by atoms with Crippen molar-refractivity contribution in [3.8, 4) is 0 Å². The first-order valence-corrected chi connectivity index (χ1v) is 11.1. The van der Waals surface area contributed by atoms with Gasteiger partial charge in [-0.2, -0.15) is 0 Å². The first-order valence-electron chi connectivity index (χ1n) is 10.7. The van der Waals surface area contributed by atoms with Crippen LogP contribution in [0.4, 0.5) is 4.39 Å². The van der Waals surface area contributed by atoms with Crippen LogP contribution in [0.5, 0.6) is 0 Å². The van der Waals surface area contributed by atoms with Crippen molar-refractivity contribution in [2.75, 3.05) is 13.1 Å². The summed E-state index contributed by atoms with van der Waals surface area (Å²) in [6.45, 7) is 4.90. The molecule has 0 radical (unpaired) electrons. The first kappa shape index (κ1) is 23.2. The Hall–Kier alpha value is -2.44. The number of halogens is 2. The van der Waals surface area contributed by atoms with E-state index < -0.39 is 11.7 Å². The van der Waals surface area contributed by atoms with Crippen LogP contribution in [0.15, 0.2) is 42.5 Å².